The first-order valence-corrected chi connectivity index (χ1v) is 9.38. The van der Waals surface area contributed by atoms with Gasteiger partial charge in [0.2, 0.25) is 5.78 Å². The number of Topliss-reactive ketones (excluding diaryl/α,β-unsaturated/α-hetero) is 1. The number of benzene rings is 3. The van der Waals surface area contributed by atoms with Crippen molar-refractivity contribution < 1.29 is 9.90 Å². The molecule has 0 radical (unpaired) electrons. The molecule has 1 N–H and O–H groups in total. The Balaban J connectivity index is 1.78. The Morgan fingerprint density at radius 2 is 1.82 bits per heavy atom. The number of allylic oxidation sites excluding steroid dienone is 1. The molecule has 1 aliphatic heterocycles. The van der Waals surface area contributed by atoms with Crippen molar-refractivity contribution in [3.63, 3.8) is 0 Å². The molecule has 0 saturated heterocycles. The van der Waals surface area contributed by atoms with Crippen molar-refractivity contribution in [2.75, 3.05) is 13.6 Å². The van der Waals surface area contributed by atoms with Crippen LogP contribution in [0.15, 0.2) is 77.6 Å². The summed E-state index contributed by atoms with van der Waals surface area (Å²) in [6.45, 7) is 2.43. The first-order chi connectivity index (χ1) is 13.4. The number of halogens is 1. The highest BCUT2D eigenvalue weighted by Gasteiger charge is 2.33. The minimum Gasteiger partial charge on any atom is -0.503 e. The van der Waals surface area contributed by atoms with E-state index in [1.165, 1.54) is 0 Å². The monoisotopic (exact) mass is 391 g/mol. The zero-order valence-corrected chi connectivity index (χ0v) is 16.4. The molecule has 140 valence electrons. The molecule has 1 unspecified atom stereocenters. The van der Waals surface area contributed by atoms with Gasteiger partial charge in [0.25, 0.3) is 0 Å². The molecule has 5 heteroatoms. The van der Waals surface area contributed by atoms with Crippen LogP contribution < -0.4 is 4.48 Å². The highest BCUT2D eigenvalue weighted by atomic mass is 35.5. The summed E-state index contributed by atoms with van der Waals surface area (Å²) >= 11 is 6.15. The van der Waals surface area contributed by atoms with E-state index in [9.17, 15) is 9.90 Å². The largest absolute Gasteiger partial charge is 0.503 e. The summed E-state index contributed by atoms with van der Waals surface area (Å²) in [4.78, 5) is 17.7. The lowest BCUT2D eigenvalue weighted by molar-refractivity contribution is 0.103. The van der Waals surface area contributed by atoms with Crippen LogP contribution in [-0.4, -0.2) is 30.2 Å². The number of phenolic OH excluding ortho intramolecular Hbond substituents is 1. The van der Waals surface area contributed by atoms with Gasteiger partial charge in [-0.2, -0.15) is 0 Å². The van der Waals surface area contributed by atoms with E-state index in [0.29, 0.717) is 28.5 Å². The number of ketones is 1. The van der Waals surface area contributed by atoms with E-state index >= 15 is 0 Å². The molecule has 0 amide bonds. The average molecular weight is 392 g/mol. The Morgan fingerprint density at radius 1 is 1.07 bits per heavy atom. The predicted molar refractivity (Wildman–Crippen MR) is 115 cm³/mol. The summed E-state index contributed by atoms with van der Waals surface area (Å²) in [6, 6.07) is 18.5. The normalized spacial score (nSPS) is 19.2. The summed E-state index contributed by atoms with van der Waals surface area (Å²) in [5.41, 5.74) is 2.39. The maximum absolute atomic E-state index is 13.2. The molecule has 1 atom stereocenters. The van der Waals surface area contributed by atoms with Crippen LogP contribution >= 0.6 is 11.6 Å². The average Bonchev–Trinajstić information content (AvgIpc) is 2.68. The van der Waals surface area contributed by atoms with Crippen molar-refractivity contribution >= 4 is 39.6 Å². The van der Waals surface area contributed by atoms with Gasteiger partial charge in [-0.15, -0.1) is 0 Å². The number of phenols is 1. The molecule has 3 aromatic carbocycles. The van der Waals surface area contributed by atoms with Gasteiger partial charge < -0.3 is 5.11 Å². The van der Waals surface area contributed by atoms with Gasteiger partial charge in [0.05, 0.1) is 12.8 Å². The lowest BCUT2D eigenvalue weighted by Gasteiger charge is -2.33. The van der Waals surface area contributed by atoms with Crippen LogP contribution in [0.2, 0.25) is 5.02 Å². The number of carbonyl (C=O) groups excluding carboxylic acids is 1. The summed E-state index contributed by atoms with van der Waals surface area (Å²) in [5, 5.41) is 13.0. The van der Waals surface area contributed by atoms with Crippen molar-refractivity contribution in [1.29, 1.82) is 0 Å². The molecule has 0 fully saturated rings. The number of rotatable bonds is 3. The zero-order chi connectivity index (χ0) is 19.9. The number of fused-ring (bicyclic) bond motifs is 1. The second kappa shape index (κ2) is 6.89. The number of aliphatic imine (C=N–C) groups is 1. The highest BCUT2D eigenvalue weighted by molar-refractivity contribution is 6.31. The molecule has 1 heterocycles. The molecule has 0 bridgehead atoms. The molecule has 0 spiro atoms. The quantitative estimate of drug-likeness (QED) is 0.484. The second-order valence-corrected chi connectivity index (χ2v) is 7.75. The maximum atomic E-state index is 13.2. The van der Waals surface area contributed by atoms with Gasteiger partial charge in [0.1, 0.15) is 12.7 Å². The Labute approximate surface area is 168 Å². The van der Waals surface area contributed by atoms with E-state index in [-0.39, 0.29) is 16.0 Å². The highest BCUT2D eigenvalue weighted by Crippen LogP contribution is 2.36. The Bertz CT molecular complexity index is 1170. The smallest absolute Gasteiger partial charge is 0.216 e. The van der Waals surface area contributed by atoms with Crippen LogP contribution in [0.3, 0.4) is 0 Å². The summed E-state index contributed by atoms with van der Waals surface area (Å²) in [5.74, 6) is -0.00831. The van der Waals surface area contributed by atoms with Crippen LogP contribution in [0, 0.1) is 0 Å². The molecule has 1 aliphatic rings. The van der Waals surface area contributed by atoms with Gasteiger partial charge in [-0.05, 0) is 35.9 Å². The fourth-order valence-electron chi connectivity index (χ4n) is 3.71. The fourth-order valence-corrected chi connectivity index (χ4v) is 3.88. The minimum absolute atomic E-state index is 0.135. The van der Waals surface area contributed by atoms with Crippen molar-refractivity contribution in [2.24, 2.45) is 4.99 Å². The number of hydrogen-bond acceptors (Lipinski definition) is 3. The molecular formula is C23H20ClN2O2+. The van der Waals surface area contributed by atoms with Gasteiger partial charge in [0, 0.05) is 16.7 Å². The van der Waals surface area contributed by atoms with E-state index in [2.05, 4.69) is 4.99 Å². The van der Waals surface area contributed by atoms with Crippen molar-refractivity contribution in [3.05, 3.63) is 83.1 Å². The van der Waals surface area contributed by atoms with Gasteiger partial charge in [-0.3, -0.25) is 9.28 Å². The van der Waals surface area contributed by atoms with E-state index in [1.54, 1.807) is 24.4 Å². The van der Waals surface area contributed by atoms with Gasteiger partial charge in [0.15, 0.2) is 17.1 Å². The number of carbonyl (C=O) groups is 1. The van der Waals surface area contributed by atoms with Crippen LogP contribution in [-0.2, 0) is 0 Å². The minimum atomic E-state index is -0.143. The summed E-state index contributed by atoms with van der Waals surface area (Å²) in [7, 11) is 1.93. The van der Waals surface area contributed by atoms with Crippen LogP contribution in [0.5, 0.6) is 5.75 Å². The lowest BCUT2D eigenvalue weighted by atomic mass is 10.0. The van der Waals surface area contributed by atoms with Gasteiger partial charge >= 0.3 is 0 Å². The summed E-state index contributed by atoms with van der Waals surface area (Å²) in [6.07, 6.45) is 1.79. The number of quaternary nitrogens is 1. The standard InChI is InChI=1S/C23H19ClN2O2/c1-15-13-26(2,21-12-19(24)9-10-22(21)27)14-20(25-15)23(28)18-8-7-16-5-3-4-6-17(16)11-18/h3-12,14H,13H2,1-2H3/p+1. The van der Waals surface area contributed by atoms with E-state index < -0.39 is 0 Å². The molecule has 4 nitrogen and oxygen atoms in total. The van der Waals surface area contributed by atoms with Gasteiger partial charge in [-0.25, -0.2) is 4.99 Å². The molecular weight excluding hydrogens is 372 g/mol. The van der Waals surface area contributed by atoms with E-state index in [0.717, 1.165) is 16.5 Å². The predicted octanol–water partition coefficient (Wildman–Crippen LogP) is 5.33. The zero-order valence-electron chi connectivity index (χ0n) is 15.7. The third kappa shape index (κ3) is 3.33. The fraction of sp³-hybridized carbons (Fsp3) is 0.130. The maximum Gasteiger partial charge on any atom is 0.216 e. The molecule has 0 aliphatic carbocycles. The topological polar surface area (TPSA) is 49.7 Å². The third-order valence-electron chi connectivity index (χ3n) is 5.01. The van der Waals surface area contributed by atoms with E-state index in [4.69, 9.17) is 11.6 Å². The second-order valence-electron chi connectivity index (χ2n) is 7.31. The Morgan fingerprint density at radius 3 is 2.61 bits per heavy atom. The van der Waals surface area contributed by atoms with Crippen LogP contribution in [0.1, 0.15) is 17.3 Å². The molecule has 3 aromatic rings. The first kappa shape index (κ1) is 18.4. The summed E-state index contributed by atoms with van der Waals surface area (Å²) < 4.78 is 0.219. The van der Waals surface area contributed by atoms with Crippen molar-refractivity contribution in [2.45, 2.75) is 6.92 Å². The Kier molecular flexibility index (Phi) is 4.53. The van der Waals surface area contributed by atoms with E-state index in [1.807, 2.05) is 56.4 Å². The molecule has 4 rings (SSSR count). The number of nitrogens with zero attached hydrogens (tertiary/aromatic N) is 2. The number of hydrogen-bond donors (Lipinski definition) is 1. The first-order valence-electron chi connectivity index (χ1n) is 9.00. The number of aromatic hydroxyl groups is 1. The Hall–Kier alpha value is -2.95. The molecule has 0 aromatic heterocycles. The van der Waals surface area contributed by atoms with Crippen LogP contribution in [0.25, 0.3) is 10.8 Å². The SMILES string of the molecule is CC1=NC(C(=O)c2ccc3ccccc3c2)=C[N+](C)(c2cc(Cl)ccc2O)C1. The van der Waals surface area contributed by atoms with Crippen molar-refractivity contribution in [3.8, 4) is 5.75 Å². The lowest BCUT2D eigenvalue weighted by Crippen LogP contribution is -2.46. The molecule has 0 saturated carbocycles. The molecule has 28 heavy (non-hydrogen) atoms. The van der Waals surface area contributed by atoms with Gasteiger partial charge in [-0.1, -0.05) is 48.0 Å². The van der Waals surface area contributed by atoms with Crippen LogP contribution in [0.4, 0.5) is 5.69 Å². The van der Waals surface area contributed by atoms with Crippen molar-refractivity contribution in [1.82, 2.24) is 4.48 Å². The third-order valence-corrected chi connectivity index (χ3v) is 5.24.